The van der Waals surface area contributed by atoms with E-state index >= 15 is 0 Å². The zero-order valence-corrected chi connectivity index (χ0v) is 17.0. The number of benzene rings is 2. The van der Waals surface area contributed by atoms with E-state index in [1.807, 2.05) is 37.1 Å². The van der Waals surface area contributed by atoms with Crippen molar-refractivity contribution in [2.24, 2.45) is 0 Å². The van der Waals surface area contributed by atoms with E-state index in [1.54, 1.807) is 32.4 Å². The molecule has 8 nitrogen and oxygen atoms in total. The number of methoxy groups -OCH3 is 2. The quantitative estimate of drug-likeness (QED) is 0.541. The normalized spacial score (nSPS) is 12.2. The van der Waals surface area contributed by atoms with Crippen molar-refractivity contribution in [1.82, 2.24) is 14.9 Å². The SMILES string of the molecule is COc1ccc(CCN(C)[C@H](C)C(=O)Nc2ccc3[nH]c(=O)[nH]c3c2)cc1OC. The summed E-state index contributed by atoms with van der Waals surface area (Å²) in [5, 5.41) is 2.90. The molecule has 1 aromatic heterocycles. The predicted octanol–water partition coefficient (Wildman–Crippen LogP) is 2.37. The number of carbonyl (C=O) groups is 1. The molecular weight excluding hydrogens is 372 g/mol. The molecule has 8 heteroatoms. The number of hydrogen-bond acceptors (Lipinski definition) is 5. The van der Waals surface area contributed by atoms with Gasteiger partial charge in [-0.2, -0.15) is 0 Å². The minimum absolute atomic E-state index is 0.114. The van der Waals surface area contributed by atoms with E-state index in [9.17, 15) is 9.59 Å². The van der Waals surface area contributed by atoms with Gasteiger partial charge in [0.05, 0.1) is 31.3 Å². The average molecular weight is 398 g/mol. The van der Waals surface area contributed by atoms with Gasteiger partial charge in [-0.05, 0) is 56.3 Å². The predicted molar refractivity (Wildman–Crippen MR) is 113 cm³/mol. The highest BCUT2D eigenvalue weighted by molar-refractivity contribution is 5.96. The third kappa shape index (κ3) is 4.78. The molecule has 0 unspecified atom stereocenters. The fraction of sp³-hybridized carbons (Fsp3) is 0.333. The Morgan fingerprint density at radius 2 is 1.79 bits per heavy atom. The van der Waals surface area contributed by atoms with Crippen molar-refractivity contribution < 1.29 is 14.3 Å². The number of H-pyrrole nitrogens is 2. The second-order valence-electron chi connectivity index (χ2n) is 6.92. The molecule has 1 heterocycles. The number of carbonyl (C=O) groups excluding carboxylic acids is 1. The maximum absolute atomic E-state index is 12.6. The molecule has 0 aliphatic rings. The van der Waals surface area contributed by atoms with E-state index in [0.717, 1.165) is 12.0 Å². The summed E-state index contributed by atoms with van der Waals surface area (Å²) in [6, 6.07) is 10.8. The Labute approximate surface area is 168 Å². The van der Waals surface area contributed by atoms with Gasteiger partial charge in [-0.3, -0.25) is 9.69 Å². The molecule has 2 aromatic carbocycles. The Hall–Kier alpha value is -3.26. The van der Waals surface area contributed by atoms with Gasteiger partial charge >= 0.3 is 5.69 Å². The van der Waals surface area contributed by atoms with Crippen LogP contribution in [-0.2, 0) is 11.2 Å². The maximum atomic E-state index is 12.6. The Morgan fingerprint density at radius 3 is 2.52 bits per heavy atom. The van der Waals surface area contributed by atoms with Crippen LogP contribution in [0.5, 0.6) is 11.5 Å². The highest BCUT2D eigenvalue weighted by Gasteiger charge is 2.18. The van der Waals surface area contributed by atoms with Crippen molar-refractivity contribution in [2.45, 2.75) is 19.4 Å². The van der Waals surface area contributed by atoms with Gasteiger partial charge in [0.25, 0.3) is 0 Å². The molecule has 29 heavy (non-hydrogen) atoms. The van der Waals surface area contributed by atoms with Crippen molar-refractivity contribution in [2.75, 3.05) is 33.1 Å². The number of rotatable bonds is 8. The average Bonchev–Trinajstić information content (AvgIpc) is 3.10. The summed E-state index contributed by atoms with van der Waals surface area (Å²) >= 11 is 0. The third-order valence-corrected chi connectivity index (χ3v) is 5.03. The van der Waals surface area contributed by atoms with Gasteiger partial charge in [0.1, 0.15) is 0 Å². The monoisotopic (exact) mass is 398 g/mol. The molecule has 0 saturated heterocycles. The van der Waals surface area contributed by atoms with Crippen LogP contribution in [0.2, 0.25) is 0 Å². The fourth-order valence-electron chi connectivity index (χ4n) is 3.09. The molecule has 0 fully saturated rings. The molecular formula is C21H26N4O4. The Morgan fingerprint density at radius 1 is 1.07 bits per heavy atom. The molecule has 3 N–H and O–H groups in total. The minimum atomic E-state index is -0.323. The summed E-state index contributed by atoms with van der Waals surface area (Å²) in [6.45, 7) is 2.56. The second kappa shape index (κ2) is 8.83. The van der Waals surface area contributed by atoms with Crippen LogP contribution >= 0.6 is 0 Å². The first-order chi connectivity index (χ1) is 13.9. The summed E-state index contributed by atoms with van der Waals surface area (Å²) in [5.74, 6) is 1.27. The fourth-order valence-corrected chi connectivity index (χ4v) is 3.09. The number of fused-ring (bicyclic) bond motifs is 1. The first-order valence-corrected chi connectivity index (χ1v) is 9.35. The summed E-state index contributed by atoms with van der Waals surface area (Å²) in [6.07, 6.45) is 0.769. The van der Waals surface area contributed by atoms with Crippen molar-refractivity contribution in [1.29, 1.82) is 0 Å². The number of nitrogens with zero attached hydrogens (tertiary/aromatic N) is 1. The number of aromatic amines is 2. The number of amides is 1. The zero-order chi connectivity index (χ0) is 21.0. The molecule has 0 aliphatic heterocycles. The molecule has 3 rings (SSSR count). The van der Waals surface area contributed by atoms with E-state index < -0.39 is 0 Å². The van der Waals surface area contributed by atoms with Crippen LogP contribution in [0.15, 0.2) is 41.2 Å². The lowest BCUT2D eigenvalue weighted by molar-refractivity contribution is -0.120. The number of anilines is 1. The molecule has 0 spiro atoms. The molecule has 1 amide bonds. The van der Waals surface area contributed by atoms with Gasteiger partial charge < -0.3 is 24.8 Å². The van der Waals surface area contributed by atoms with E-state index in [0.29, 0.717) is 34.8 Å². The van der Waals surface area contributed by atoms with Crippen LogP contribution < -0.4 is 20.5 Å². The standard InChI is InChI=1S/C21H26N4O4/c1-13(20(26)22-15-6-7-16-17(12-15)24-21(27)23-16)25(2)10-9-14-5-8-18(28-3)19(11-14)29-4/h5-8,11-13H,9-10H2,1-4H3,(H,22,26)(H2,23,24,27)/t13-/m1/s1. The van der Waals surface area contributed by atoms with Gasteiger partial charge in [-0.1, -0.05) is 6.07 Å². The van der Waals surface area contributed by atoms with E-state index in [1.165, 1.54) is 0 Å². The van der Waals surface area contributed by atoms with Crippen molar-refractivity contribution in [3.63, 3.8) is 0 Å². The lowest BCUT2D eigenvalue weighted by Gasteiger charge is -2.24. The Kier molecular flexibility index (Phi) is 6.23. The van der Waals surface area contributed by atoms with Gasteiger partial charge in [0, 0.05) is 12.2 Å². The summed E-state index contributed by atoms with van der Waals surface area (Å²) in [7, 11) is 5.13. The van der Waals surface area contributed by atoms with Crippen LogP contribution in [0, 0.1) is 0 Å². The molecule has 3 aromatic rings. The largest absolute Gasteiger partial charge is 0.493 e. The number of imidazole rings is 1. The summed E-state index contributed by atoms with van der Waals surface area (Å²) < 4.78 is 10.6. The van der Waals surface area contributed by atoms with Gasteiger partial charge in [-0.25, -0.2) is 4.79 Å². The van der Waals surface area contributed by atoms with Gasteiger partial charge in [-0.15, -0.1) is 0 Å². The van der Waals surface area contributed by atoms with E-state index in [-0.39, 0.29) is 17.6 Å². The topological polar surface area (TPSA) is 99.5 Å². The maximum Gasteiger partial charge on any atom is 0.323 e. The molecule has 0 radical (unpaired) electrons. The highest BCUT2D eigenvalue weighted by atomic mass is 16.5. The van der Waals surface area contributed by atoms with Crippen LogP contribution in [0.4, 0.5) is 5.69 Å². The first-order valence-electron chi connectivity index (χ1n) is 9.35. The van der Waals surface area contributed by atoms with Gasteiger partial charge in [0.2, 0.25) is 5.91 Å². The first kappa shape index (κ1) is 20.5. The molecule has 154 valence electrons. The Bertz CT molecular complexity index is 1060. The zero-order valence-electron chi connectivity index (χ0n) is 17.0. The van der Waals surface area contributed by atoms with Crippen LogP contribution in [-0.4, -0.2) is 54.6 Å². The smallest absolute Gasteiger partial charge is 0.323 e. The minimum Gasteiger partial charge on any atom is -0.493 e. The lowest BCUT2D eigenvalue weighted by atomic mass is 10.1. The van der Waals surface area contributed by atoms with Crippen LogP contribution in [0.1, 0.15) is 12.5 Å². The van der Waals surface area contributed by atoms with Crippen molar-refractivity contribution in [3.8, 4) is 11.5 Å². The number of ether oxygens (including phenoxy) is 2. The lowest BCUT2D eigenvalue weighted by Crippen LogP contribution is -2.40. The van der Waals surface area contributed by atoms with E-state index in [4.69, 9.17) is 9.47 Å². The molecule has 0 aliphatic carbocycles. The second-order valence-corrected chi connectivity index (χ2v) is 6.92. The Balaban J connectivity index is 1.59. The summed E-state index contributed by atoms with van der Waals surface area (Å²) in [4.78, 5) is 31.3. The van der Waals surface area contributed by atoms with Crippen LogP contribution in [0.25, 0.3) is 11.0 Å². The number of aromatic nitrogens is 2. The number of nitrogens with one attached hydrogen (secondary N) is 3. The number of likely N-dealkylation sites (N-methyl/N-ethyl adjacent to an activating group) is 1. The third-order valence-electron chi connectivity index (χ3n) is 5.03. The number of hydrogen-bond donors (Lipinski definition) is 3. The van der Waals surface area contributed by atoms with Gasteiger partial charge in [0.15, 0.2) is 11.5 Å². The molecule has 0 bridgehead atoms. The van der Waals surface area contributed by atoms with E-state index in [2.05, 4.69) is 15.3 Å². The summed E-state index contributed by atoms with van der Waals surface area (Å²) in [5.41, 5.74) is 2.82. The van der Waals surface area contributed by atoms with Crippen molar-refractivity contribution >= 4 is 22.6 Å². The van der Waals surface area contributed by atoms with Crippen LogP contribution in [0.3, 0.4) is 0 Å². The van der Waals surface area contributed by atoms with Crippen molar-refractivity contribution in [3.05, 3.63) is 52.4 Å². The highest BCUT2D eigenvalue weighted by Crippen LogP contribution is 2.27. The molecule has 0 saturated carbocycles. The molecule has 1 atom stereocenters.